The van der Waals surface area contributed by atoms with Crippen molar-refractivity contribution in [3.8, 4) is 56.0 Å². The monoisotopic (exact) mass is 777 g/mol. The lowest BCUT2D eigenvalue weighted by atomic mass is 9.66. The summed E-state index contributed by atoms with van der Waals surface area (Å²) in [4.78, 5) is 2.41. The Morgan fingerprint density at radius 1 is 0.295 bits per heavy atom. The molecule has 1 aliphatic heterocycles. The third-order valence-corrected chi connectivity index (χ3v) is 12.8. The Hall–Kier alpha value is -7.94. The lowest BCUT2D eigenvalue weighted by Gasteiger charge is -2.39. The highest BCUT2D eigenvalue weighted by molar-refractivity contribution is 5.97. The molecule has 2 aliphatic rings. The number of ether oxygens (including phenoxy) is 1. The minimum atomic E-state index is -0.567. The molecular weight excluding hydrogens is 739 g/mol. The zero-order chi connectivity index (χ0) is 40.3. The van der Waals surface area contributed by atoms with E-state index in [1.807, 2.05) is 0 Å². The number of nitrogens with zero attached hydrogens (tertiary/aromatic N) is 1. The fraction of sp³-hybridized carbons (Fsp3) is 0.0169. The van der Waals surface area contributed by atoms with Crippen LogP contribution in [-0.4, -0.2) is 0 Å². The van der Waals surface area contributed by atoms with E-state index in [1.165, 1.54) is 66.4 Å². The number of benzene rings is 10. The summed E-state index contributed by atoms with van der Waals surface area (Å²) in [6.45, 7) is 0. The zero-order valence-corrected chi connectivity index (χ0v) is 33.4. The van der Waals surface area contributed by atoms with Crippen molar-refractivity contribution in [1.29, 1.82) is 0 Å². The van der Waals surface area contributed by atoms with Gasteiger partial charge in [-0.3, -0.25) is 0 Å². The van der Waals surface area contributed by atoms with Gasteiger partial charge in [0.1, 0.15) is 11.5 Å². The summed E-state index contributed by atoms with van der Waals surface area (Å²) in [5, 5.41) is 2.49. The zero-order valence-electron chi connectivity index (χ0n) is 33.4. The topological polar surface area (TPSA) is 12.5 Å². The molecule has 1 spiro atoms. The van der Waals surface area contributed by atoms with Crippen LogP contribution in [0.5, 0.6) is 11.5 Å². The number of para-hydroxylation sites is 2. The van der Waals surface area contributed by atoms with Crippen LogP contribution in [0.25, 0.3) is 55.3 Å². The van der Waals surface area contributed by atoms with Gasteiger partial charge >= 0.3 is 0 Å². The quantitative estimate of drug-likeness (QED) is 0.167. The van der Waals surface area contributed by atoms with Gasteiger partial charge in [-0.25, -0.2) is 0 Å². The molecule has 1 heterocycles. The maximum atomic E-state index is 6.66. The number of hydrogen-bond acceptors (Lipinski definition) is 2. The van der Waals surface area contributed by atoms with Crippen molar-refractivity contribution in [1.82, 2.24) is 0 Å². The molecule has 0 atom stereocenters. The van der Waals surface area contributed by atoms with Crippen molar-refractivity contribution >= 4 is 27.8 Å². The second kappa shape index (κ2) is 14.1. The van der Waals surface area contributed by atoms with Crippen LogP contribution < -0.4 is 9.64 Å². The fourth-order valence-electron chi connectivity index (χ4n) is 10.1. The molecule has 0 radical (unpaired) electrons. The summed E-state index contributed by atoms with van der Waals surface area (Å²) >= 11 is 0. The van der Waals surface area contributed by atoms with E-state index in [2.05, 4.69) is 241 Å². The van der Waals surface area contributed by atoms with Gasteiger partial charge < -0.3 is 9.64 Å². The molecule has 0 amide bonds. The van der Waals surface area contributed by atoms with Gasteiger partial charge in [-0.05, 0) is 115 Å². The second-order valence-corrected chi connectivity index (χ2v) is 16.0. The van der Waals surface area contributed by atoms with Crippen LogP contribution in [0.3, 0.4) is 0 Å². The van der Waals surface area contributed by atoms with E-state index in [1.54, 1.807) is 0 Å². The summed E-state index contributed by atoms with van der Waals surface area (Å²) in [5.41, 5.74) is 17.2. The summed E-state index contributed by atoms with van der Waals surface area (Å²) < 4.78 is 6.66. The van der Waals surface area contributed by atoms with Crippen molar-refractivity contribution in [2.24, 2.45) is 0 Å². The largest absolute Gasteiger partial charge is 0.457 e. The minimum absolute atomic E-state index is 0.567. The fourth-order valence-corrected chi connectivity index (χ4v) is 10.1. The first-order valence-electron chi connectivity index (χ1n) is 21.0. The molecule has 0 aromatic heterocycles. The normalized spacial score (nSPS) is 12.9. The highest BCUT2D eigenvalue weighted by Gasteiger charge is 2.51. The van der Waals surface area contributed by atoms with Crippen molar-refractivity contribution in [2.45, 2.75) is 5.41 Å². The number of rotatable bonds is 6. The molecule has 10 aromatic rings. The first-order valence-corrected chi connectivity index (χ1v) is 21.0. The van der Waals surface area contributed by atoms with Gasteiger partial charge in [0.15, 0.2) is 0 Å². The van der Waals surface area contributed by atoms with Gasteiger partial charge in [-0.15, -0.1) is 0 Å². The molecule has 2 nitrogen and oxygen atoms in total. The Morgan fingerprint density at radius 2 is 0.754 bits per heavy atom. The maximum absolute atomic E-state index is 6.66. The highest BCUT2D eigenvalue weighted by atomic mass is 16.5. The van der Waals surface area contributed by atoms with Crippen molar-refractivity contribution in [3.63, 3.8) is 0 Å². The van der Waals surface area contributed by atoms with Gasteiger partial charge in [0, 0.05) is 28.2 Å². The Balaban J connectivity index is 1.05. The summed E-state index contributed by atoms with van der Waals surface area (Å²) in [6.07, 6.45) is 0. The minimum Gasteiger partial charge on any atom is -0.457 e. The molecule has 10 aromatic carbocycles. The number of anilines is 3. The smallest absolute Gasteiger partial charge is 0.132 e. The molecule has 0 N–H and O–H groups in total. The standard InChI is InChI=1S/C59H39NO/c1-2-15-40(16-3-1)47-20-6-7-21-49(47)42-29-33-44(34-30-42)60(45-35-31-43(32-36-45)50-23-14-18-41-17-4-5-19-48(41)50)46-37-38-52-51-22-8-9-24-53(51)59(56(52)39-46)54-25-10-12-27-57(54)61-58-28-13-11-26-55(58)59/h1-39H. The molecule has 0 saturated heterocycles. The average molecular weight is 778 g/mol. The van der Waals surface area contributed by atoms with E-state index in [0.717, 1.165) is 39.7 Å². The molecule has 0 fully saturated rings. The summed E-state index contributed by atoms with van der Waals surface area (Å²) in [7, 11) is 0. The van der Waals surface area contributed by atoms with E-state index in [0.29, 0.717) is 0 Å². The Morgan fingerprint density at radius 3 is 1.43 bits per heavy atom. The SMILES string of the molecule is c1ccc(-c2ccccc2-c2ccc(N(c3ccc(-c4cccc5ccccc45)cc3)c3ccc4c(c3)C3(c5ccccc5Oc5ccccc53)c3ccccc3-4)cc2)cc1. The predicted molar refractivity (Wildman–Crippen MR) is 252 cm³/mol. The van der Waals surface area contributed by atoms with E-state index in [9.17, 15) is 0 Å². The molecule has 1 aliphatic carbocycles. The lowest BCUT2D eigenvalue weighted by Crippen LogP contribution is -2.32. The average Bonchev–Trinajstić information content (AvgIpc) is 3.62. The maximum Gasteiger partial charge on any atom is 0.132 e. The molecule has 12 rings (SSSR count). The molecule has 286 valence electrons. The van der Waals surface area contributed by atoms with Gasteiger partial charge in [-0.1, -0.05) is 188 Å². The van der Waals surface area contributed by atoms with Gasteiger partial charge in [0.25, 0.3) is 0 Å². The van der Waals surface area contributed by atoms with E-state index < -0.39 is 5.41 Å². The number of fused-ring (bicyclic) bond motifs is 10. The van der Waals surface area contributed by atoms with Crippen LogP contribution in [0.4, 0.5) is 17.1 Å². The van der Waals surface area contributed by atoms with E-state index in [-0.39, 0.29) is 0 Å². The predicted octanol–water partition coefficient (Wildman–Crippen LogP) is 15.8. The highest BCUT2D eigenvalue weighted by Crippen LogP contribution is 2.62. The lowest BCUT2D eigenvalue weighted by molar-refractivity contribution is 0.436. The third-order valence-electron chi connectivity index (χ3n) is 12.8. The first kappa shape index (κ1) is 35.0. The first-order chi connectivity index (χ1) is 30.3. The van der Waals surface area contributed by atoms with Crippen molar-refractivity contribution in [2.75, 3.05) is 4.90 Å². The summed E-state index contributed by atoms with van der Waals surface area (Å²) in [5.74, 6) is 1.78. The molecule has 0 unspecified atom stereocenters. The van der Waals surface area contributed by atoms with Crippen LogP contribution in [-0.2, 0) is 5.41 Å². The molecule has 61 heavy (non-hydrogen) atoms. The van der Waals surface area contributed by atoms with Gasteiger partial charge in [0.05, 0.1) is 5.41 Å². The summed E-state index contributed by atoms with van der Waals surface area (Å²) in [6, 6.07) is 85.8. The Kier molecular flexibility index (Phi) is 8.11. The Bertz CT molecular complexity index is 3220. The van der Waals surface area contributed by atoms with Crippen LogP contribution in [0.15, 0.2) is 237 Å². The third kappa shape index (κ3) is 5.50. The van der Waals surface area contributed by atoms with Crippen LogP contribution in [0.2, 0.25) is 0 Å². The van der Waals surface area contributed by atoms with Crippen LogP contribution in [0, 0.1) is 0 Å². The van der Waals surface area contributed by atoms with Gasteiger partial charge in [0.2, 0.25) is 0 Å². The molecule has 2 heteroatoms. The molecule has 0 saturated carbocycles. The van der Waals surface area contributed by atoms with E-state index in [4.69, 9.17) is 4.74 Å². The van der Waals surface area contributed by atoms with Crippen LogP contribution in [0.1, 0.15) is 22.3 Å². The number of hydrogen-bond donors (Lipinski definition) is 0. The molecule has 0 bridgehead atoms. The van der Waals surface area contributed by atoms with Crippen LogP contribution >= 0.6 is 0 Å². The van der Waals surface area contributed by atoms with Crippen molar-refractivity contribution < 1.29 is 4.74 Å². The van der Waals surface area contributed by atoms with E-state index >= 15 is 0 Å². The molecular formula is C59H39NO. The second-order valence-electron chi connectivity index (χ2n) is 16.0. The van der Waals surface area contributed by atoms with Gasteiger partial charge in [-0.2, -0.15) is 0 Å². The van der Waals surface area contributed by atoms with Crippen molar-refractivity contribution in [3.05, 3.63) is 259 Å². The Labute approximate surface area is 356 Å².